The van der Waals surface area contributed by atoms with Crippen LogP contribution in [-0.2, 0) is 19.9 Å². The maximum atomic E-state index is 13.1. The van der Waals surface area contributed by atoms with Gasteiger partial charge < -0.3 is 15.5 Å². The van der Waals surface area contributed by atoms with Gasteiger partial charge in [0, 0.05) is 12.7 Å². The second kappa shape index (κ2) is 8.99. The number of aryl methyl sites for hydroxylation is 1. The summed E-state index contributed by atoms with van der Waals surface area (Å²) in [5.41, 5.74) is 1.16. The molecule has 1 aliphatic rings. The fraction of sp³-hybridized carbons (Fsp3) is 0.304. The third kappa shape index (κ3) is 4.58. The number of carbonyl (C=O) groups is 4. The predicted octanol–water partition coefficient (Wildman–Crippen LogP) is 2.25. The lowest BCUT2D eigenvalue weighted by Gasteiger charge is -2.26. The van der Waals surface area contributed by atoms with E-state index in [4.69, 9.17) is 0 Å². The zero-order chi connectivity index (χ0) is 22.6. The molecule has 2 N–H and O–H groups in total. The molecule has 1 unspecified atom stereocenters. The SMILES string of the molecule is CCC1(c2ccccc2)NC(=O)N(CC(=O)N(C)CC(=O)Nc2ccc(C)cc2)C1=O. The molecular weight excluding hydrogens is 396 g/mol. The summed E-state index contributed by atoms with van der Waals surface area (Å²) in [6.07, 6.45) is 0.348. The molecule has 1 atom stereocenters. The van der Waals surface area contributed by atoms with Crippen molar-refractivity contribution in [2.45, 2.75) is 25.8 Å². The second-order valence-electron chi connectivity index (χ2n) is 7.61. The number of benzene rings is 2. The molecule has 2 aromatic rings. The molecule has 2 aromatic carbocycles. The minimum atomic E-state index is -1.19. The summed E-state index contributed by atoms with van der Waals surface area (Å²) in [5.74, 6) is -1.36. The third-order valence-electron chi connectivity index (χ3n) is 5.41. The summed E-state index contributed by atoms with van der Waals surface area (Å²) in [5, 5.41) is 5.46. The lowest BCUT2D eigenvalue weighted by atomic mass is 9.87. The highest BCUT2D eigenvalue weighted by Gasteiger charge is 2.51. The summed E-state index contributed by atoms with van der Waals surface area (Å²) in [6, 6.07) is 15.6. The van der Waals surface area contributed by atoms with E-state index in [9.17, 15) is 19.2 Å². The number of likely N-dealkylation sites (N-methyl/N-ethyl adjacent to an activating group) is 1. The van der Waals surface area contributed by atoms with Crippen molar-refractivity contribution >= 4 is 29.4 Å². The molecule has 0 saturated carbocycles. The van der Waals surface area contributed by atoms with Crippen LogP contribution in [0.4, 0.5) is 10.5 Å². The molecule has 3 rings (SSSR count). The van der Waals surface area contributed by atoms with Crippen molar-refractivity contribution < 1.29 is 19.2 Å². The summed E-state index contributed by atoms with van der Waals surface area (Å²) in [4.78, 5) is 52.6. The molecule has 0 bridgehead atoms. The molecule has 1 fully saturated rings. The van der Waals surface area contributed by atoms with Crippen molar-refractivity contribution in [3.63, 3.8) is 0 Å². The minimum Gasteiger partial charge on any atom is -0.335 e. The summed E-state index contributed by atoms with van der Waals surface area (Å²) < 4.78 is 0. The van der Waals surface area contributed by atoms with E-state index in [1.54, 1.807) is 43.3 Å². The van der Waals surface area contributed by atoms with Gasteiger partial charge in [-0.3, -0.25) is 19.3 Å². The van der Waals surface area contributed by atoms with E-state index >= 15 is 0 Å². The zero-order valence-electron chi connectivity index (χ0n) is 17.8. The number of rotatable bonds is 7. The van der Waals surface area contributed by atoms with E-state index < -0.39 is 29.9 Å². The van der Waals surface area contributed by atoms with E-state index in [0.717, 1.165) is 10.5 Å². The van der Waals surface area contributed by atoms with Crippen LogP contribution >= 0.6 is 0 Å². The summed E-state index contributed by atoms with van der Waals surface area (Å²) in [7, 11) is 1.46. The average molecular weight is 422 g/mol. The molecule has 8 nitrogen and oxygen atoms in total. The number of hydrogen-bond acceptors (Lipinski definition) is 4. The van der Waals surface area contributed by atoms with Crippen molar-refractivity contribution in [3.05, 3.63) is 65.7 Å². The van der Waals surface area contributed by atoms with Crippen molar-refractivity contribution in [2.75, 3.05) is 25.5 Å². The first kappa shape index (κ1) is 22.0. The first-order chi connectivity index (χ1) is 14.8. The van der Waals surface area contributed by atoms with E-state index in [1.807, 2.05) is 25.1 Å². The van der Waals surface area contributed by atoms with Gasteiger partial charge in [-0.05, 0) is 31.0 Å². The standard InChI is InChI=1S/C23H26N4O4/c1-4-23(17-8-6-5-7-9-17)21(30)27(22(31)25-23)15-20(29)26(3)14-19(28)24-18-12-10-16(2)11-13-18/h5-13H,4,14-15H2,1-3H3,(H,24,28)(H,25,31). The molecule has 0 spiro atoms. The highest BCUT2D eigenvalue weighted by atomic mass is 16.2. The predicted molar refractivity (Wildman–Crippen MR) is 116 cm³/mol. The highest BCUT2D eigenvalue weighted by Crippen LogP contribution is 2.32. The van der Waals surface area contributed by atoms with Crippen molar-refractivity contribution in [3.8, 4) is 0 Å². The average Bonchev–Trinajstić information content (AvgIpc) is 3.01. The van der Waals surface area contributed by atoms with Crippen LogP contribution in [0.5, 0.6) is 0 Å². The first-order valence-electron chi connectivity index (χ1n) is 10.1. The Morgan fingerprint density at radius 2 is 1.71 bits per heavy atom. The first-order valence-corrected chi connectivity index (χ1v) is 10.1. The fourth-order valence-corrected chi connectivity index (χ4v) is 3.53. The summed E-state index contributed by atoms with van der Waals surface area (Å²) in [6.45, 7) is 3.11. The number of amides is 5. The van der Waals surface area contributed by atoms with Gasteiger partial charge >= 0.3 is 6.03 Å². The zero-order valence-corrected chi connectivity index (χ0v) is 17.8. The maximum Gasteiger partial charge on any atom is 0.325 e. The van der Waals surface area contributed by atoms with Gasteiger partial charge in [-0.2, -0.15) is 0 Å². The Bertz CT molecular complexity index is 990. The molecule has 0 aliphatic carbocycles. The van der Waals surface area contributed by atoms with Crippen LogP contribution in [0.25, 0.3) is 0 Å². The van der Waals surface area contributed by atoms with Gasteiger partial charge in [-0.15, -0.1) is 0 Å². The van der Waals surface area contributed by atoms with Gasteiger partial charge in [-0.1, -0.05) is 55.0 Å². The van der Waals surface area contributed by atoms with Gasteiger partial charge in [0.25, 0.3) is 5.91 Å². The molecule has 8 heteroatoms. The smallest absolute Gasteiger partial charge is 0.325 e. The number of urea groups is 1. The van der Waals surface area contributed by atoms with Gasteiger partial charge in [0.1, 0.15) is 12.1 Å². The van der Waals surface area contributed by atoms with E-state index in [2.05, 4.69) is 10.6 Å². The number of hydrogen-bond donors (Lipinski definition) is 2. The lowest BCUT2D eigenvalue weighted by molar-refractivity contribution is -0.139. The molecule has 1 saturated heterocycles. The highest BCUT2D eigenvalue weighted by molar-refractivity contribution is 6.09. The fourth-order valence-electron chi connectivity index (χ4n) is 3.53. The van der Waals surface area contributed by atoms with Crippen LogP contribution in [-0.4, -0.2) is 53.7 Å². The monoisotopic (exact) mass is 422 g/mol. The van der Waals surface area contributed by atoms with Crippen LogP contribution in [0.1, 0.15) is 24.5 Å². The Hall–Kier alpha value is -3.68. The van der Waals surface area contributed by atoms with Crippen LogP contribution in [0.15, 0.2) is 54.6 Å². The molecule has 0 radical (unpaired) electrons. The lowest BCUT2D eigenvalue weighted by Crippen LogP contribution is -2.46. The number of nitrogens with one attached hydrogen (secondary N) is 2. The Balaban J connectivity index is 1.64. The molecule has 1 aliphatic heterocycles. The number of imide groups is 1. The maximum absolute atomic E-state index is 13.1. The van der Waals surface area contributed by atoms with E-state index in [-0.39, 0.29) is 12.5 Å². The van der Waals surface area contributed by atoms with Crippen LogP contribution in [0, 0.1) is 6.92 Å². The van der Waals surface area contributed by atoms with E-state index in [0.29, 0.717) is 17.7 Å². The van der Waals surface area contributed by atoms with Crippen LogP contribution in [0.3, 0.4) is 0 Å². The molecule has 0 aromatic heterocycles. The Morgan fingerprint density at radius 1 is 1.06 bits per heavy atom. The molecule has 5 amide bonds. The van der Waals surface area contributed by atoms with Crippen LogP contribution in [0.2, 0.25) is 0 Å². The largest absolute Gasteiger partial charge is 0.335 e. The van der Waals surface area contributed by atoms with Gasteiger partial charge in [0.05, 0.1) is 6.54 Å². The molecule has 162 valence electrons. The number of carbonyl (C=O) groups excluding carboxylic acids is 4. The number of anilines is 1. The Kier molecular flexibility index (Phi) is 6.39. The topological polar surface area (TPSA) is 98.8 Å². The Labute approximate surface area is 181 Å². The normalized spacial score (nSPS) is 18.0. The van der Waals surface area contributed by atoms with Crippen molar-refractivity contribution in [1.29, 1.82) is 0 Å². The summed E-state index contributed by atoms with van der Waals surface area (Å²) >= 11 is 0. The quantitative estimate of drug-likeness (QED) is 0.669. The Morgan fingerprint density at radius 3 is 2.32 bits per heavy atom. The van der Waals surface area contributed by atoms with Crippen molar-refractivity contribution in [2.24, 2.45) is 0 Å². The number of nitrogens with zero attached hydrogens (tertiary/aromatic N) is 2. The van der Waals surface area contributed by atoms with Gasteiger partial charge in [0.15, 0.2) is 0 Å². The second-order valence-corrected chi connectivity index (χ2v) is 7.61. The molecular formula is C23H26N4O4. The van der Waals surface area contributed by atoms with Crippen molar-refractivity contribution in [1.82, 2.24) is 15.1 Å². The molecule has 1 heterocycles. The minimum absolute atomic E-state index is 0.200. The molecule has 31 heavy (non-hydrogen) atoms. The third-order valence-corrected chi connectivity index (χ3v) is 5.41. The van der Waals surface area contributed by atoms with Crippen LogP contribution < -0.4 is 10.6 Å². The van der Waals surface area contributed by atoms with E-state index in [1.165, 1.54) is 11.9 Å². The van der Waals surface area contributed by atoms with Gasteiger partial charge in [-0.25, -0.2) is 4.79 Å². The van der Waals surface area contributed by atoms with Gasteiger partial charge in [0.2, 0.25) is 11.8 Å².